The molecule has 9 heteroatoms. The van der Waals surface area contributed by atoms with Crippen molar-refractivity contribution in [2.75, 3.05) is 11.9 Å². The molecule has 4 N–H and O–H groups in total. The van der Waals surface area contributed by atoms with E-state index in [2.05, 4.69) is 10.6 Å². The van der Waals surface area contributed by atoms with Gasteiger partial charge in [-0.05, 0) is 24.0 Å². The third-order valence-corrected chi connectivity index (χ3v) is 3.41. The Labute approximate surface area is 150 Å². The molecule has 142 valence electrons. The number of aryl methyl sites for hydroxylation is 1. The summed E-state index contributed by atoms with van der Waals surface area (Å²) in [7, 11) is 0. The molecule has 0 unspecified atom stereocenters. The number of carbonyl (C=O) groups excluding carboxylic acids is 2. The topological polar surface area (TPSA) is 84.2 Å². The molecule has 25 heavy (non-hydrogen) atoms. The molecule has 0 aliphatic carbocycles. The van der Waals surface area contributed by atoms with Crippen LogP contribution in [0.4, 0.5) is 18.9 Å². The number of para-hydroxylation sites is 1. The van der Waals surface area contributed by atoms with Crippen LogP contribution in [-0.4, -0.2) is 30.6 Å². The van der Waals surface area contributed by atoms with E-state index in [1.54, 1.807) is 26.0 Å². The van der Waals surface area contributed by atoms with Crippen molar-refractivity contribution in [3.63, 3.8) is 0 Å². The number of carbonyl (C=O) groups is 2. The Morgan fingerprint density at radius 3 is 2.36 bits per heavy atom. The molecular weight excluding hydrogens is 359 g/mol. The monoisotopic (exact) mass is 381 g/mol. The summed E-state index contributed by atoms with van der Waals surface area (Å²) in [5.41, 5.74) is 6.34. The van der Waals surface area contributed by atoms with Crippen molar-refractivity contribution in [3.8, 4) is 0 Å². The van der Waals surface area contributed by atoms with Crippen molar-refractivity contribution in [2.24, 2.45) is 11.7 Å². The summed E-state index contributed by atoms with van der Waals surface area (Å²) in [5.74, 6) is -1.06. The molecule has 0 aliphatic heterocycles. The van der Waals surface area contributed by atoms with Crippen LogP contribution in [0, 0.1) is 5.92 Å². The van der Waals surface area contributed by atoms with Crippen LogP contribution in [0.1, 0.15) is 25.8 Å². The molecule has 5 nitrogen and oxygen atoms in total. The lowest BCUT2D eigenvalue weighted by Gasteiger charge is -2.16. The Kier molecular flexibility index (Phi) is 9.51. The molecule has 1 rings (SSSR count). The van der Waals surface area contributed by atoms with E-state index in [0.717, 1.165) is 0 Å². The van der Waals surface area contributed by atoms with Crippen LogP contribution in [0.25, 0.3) is 0 Å². The van der Waals surface area contributed by atoms with Gasteiger partial charge in [0, 0.05) is 12.1 Å². The minimum absolute atomic E-state index is 0. The Morgan fingerprint density at radius 2 is 1.80 bits per heavy atom. The number of alkyl halides is 3. The lowest BCUT2D eigenvalue weighted by atomic mass is 10.1. The number of halogens is 4. The van der Waals surface area contributed by atoms with Gasteiger partial charge in [0.15, 0.2) is 0 Å². The Morgan fingerprint density at radius 1 is 1.20 bits per heavy atom. The minimum Gasteiger partial charge on any atom is -0.346 e. The van der Waals surface area contributed by atoms with Gasteiger partial charge in [0.25, 0.3) is 0 Å². The fourth-order valence-corrected chi connectivity index (χ4v) is 1.92. The average Bonchev–Trinajstić information content (AvgIpc) is 2.50. The van der Waals surface area contributed by atoms with Gasteiger partial charge in [-0.15, -0.1) is 12.4 Å². The number of anilines is 1. The molecule has 0 heterocycles. The van der Waals surface area contributed by atoms with Crippen LogP contribution >= 0.6 is 12.4 Å². The van der Waals surface area contributed by atoms with Crippen LogP contribution in [0.3, 0.4) is 0 Å². The lowest BCUT2D eigenvalue weighted by Crippen LogP contribution is -2.46. The predicted molar refractivity (Wildman–Crippen MR) is 92.5 cm³/mol. The van der Waals surface area contributed by atoms with Gasteiger partial charge in [0.1, 0.15) is 0 Å². The van der Waals surface area contributed by atoms with Crippen LogP contribution in [0.5, 0.6) is 0 Å². The second kappa shape index (κ2) is 10.2. The first kappa shape index (κ1) is 23.2. The SMILES string of the molecule is CC(C)[C@H](N)C(=O)NCC(=O)Nc1ccccc1CCC(F)(F)F.Cl. The van der Waals surface area contributed by atoms with Gasteiger partial charge in [-0.1, -0.05) is 32.0 Å². The summed E-state index contributed by atoms with van der Waals surface area (Å²) in [6, 6.07) is 5.53. The highest BCUT2D eigenvalue weighted by Crippen LogP contribution is 2.25. The first-order chi connectivity index (χ1) is 11.1. The van der Waals surface area contributed by atoms with Gasteiger partial charge in [0.2, 0.25) is 11.8 Å². The number of hydrogen-bond acceptors (Lipinski definition) is 3. The molecule has 1 aromatic rings. The Hall–Kier alpha value is -1.80. The number of nitrogens with two attached hydrogens (primary N) is 1. The fourth-order valence-electron chi connectivity index (χ4n) is 1.92. The molecule has 0 fully saturated rings. The standard InChI is InChI=1S/C16H22F3N3O2.ClH/c1-10(2)14(20)15(24)21-9-13(23)22-12-6-4-3-5-11(12)7-8-16(17,18)19;/h3-6,10,14H,7-9,20H2,1-2H3,(H,21,24)(H,22,23);1H/t14-;/m0./s1. The van der Waals surface area contributed by atoms with Crippen molar-refractivity contribution >= 4 is 29.9 Å². The smallest absolute Gasteiger partial charge is 0.346 e. The zero-order valence-electron chi connectivity index (χ0n) is 14.0. The van der Waals surface area contributed by atoms with Gasteiger partial charge >= 0.3 is 6.18 Å². The molecule has 1 atom stereocenters. The normalized spacial score (nSPS) is 12.3. The molecular formula is C16H23ClF3N3O2. The van der Waals surface area contributed by atoms with E-state index in [0.29, 0.717) is 11.3 Å². The van der Waals surface area contributed by atoms with Crippen molar-refractivity contribution in [1.29, 1.82) is 0 Å². The first-order valence-corrected chi connectivity index (χ1v) is 7.58. The van der Waals surface area contributed by atoms with E-state index >= 15 is 0 Å². The van der Waals surface area contributed by atoms with Crippen molar-refractivity contribution in [1.82, 2.24) is 5.32 Å². The van der Waals surface area contributed by atoms with E-state index in [-0.39, 0.29) is 31.3 Å². The summed E-state index contributed by atoms with van der Waals surface area (Å²) < 4.78 is 37.0. The zero-order chi connectivity index (χ0) is 18.3. The van der Waals surface area contributed by atoms with Gasteiger partial charge in [-0.25, -0.2) is 0 Å². The Balaban J connectivity index is 0.00000576. The first-order valence-electron chi connectivity index (χ1n) is 7.58. The van der Waals surface area contributed by atoms with Crippen molar-refractivity contribution < 1.29 is 22.8 Å². The number of rotatable bonds is 7. The third-order valence-electron chi connectivity index (χ3n) is 3.41. The van der Waals surface area contributed by atoms with Crippen LogP contribution in [-0.2, 0) is 16.0 Å². The molecule has 1 aromatic carbocycles. The summed E-state index contributed by atoms with van der Waals surface area (Å²) >= 11 is 0. The lowest BCUT2D eigenvalue weighted by molar-refractivity contribution is -0.134. The molecule has 0 saturated carbocycles. The summed E-state index contributed by atoms with van der Waals surface area (Å²) in [5, 5.41) is 4.91. The average molecular weight is 382 g/mol. The third kappa shape index (κ3) is 8.74. The summed E-state index contributed by atoms with van der Waals surface area (Å²) in [6.45, 7) is 3.26. The van der Waals surface area contributed by atoms with Crippen LogP contribution in [0.2, 0.25) is 0 Å². The van der Waals surface area contributed by atoms with Gasteiger partial charge in [-0.2, -0.15) is 13.2 Å². The van der Waals surface area contributed by atoms with Crippen molar-refractivity contribution in [2.45, 2.75) is 38.9 Å². The van der Waals surface area contributed by atoms with Gasteiger partial charge in [0.05, 0.1) is 12.6 Å². The fraction of sp³-hybridized carbons (Fsp3) is 0.500. The quantitative estimate of drug-likeness (QED) is 0.678. The van der Waals surface area contributed by atoms with E-state index in [1.807, 2.05) is 0 Å². The number of hydrogen-bond donors (Lipinski definition) is 3. The highest BCUT2D eigenvalue weighted by Gasteiger charge is 2.27. The second-order valence-electron chi connectivity index (χ2n) is 5.81. The molecule has 0 radical (unpaired) electrons. The molecule has 0 spiro atoms. The predicted octanol–water partition coefficient (Wildman–Crippen LogP) is 2.64. The number of benzene rings is 1. The molecule has 0 aromatic heterocycles. The second-order valence-corrected chi connectivity index (χ2v) is 5.81. The highest BCUT2D eigenvalue weighted by atomic mass is 35.5. The molecule has 0 aliphatic rings. The maximum absolute atomic E-state index is 12.3. The zero-order valence-corrected chi connectivity index (χ0v) is 14.8. The van der Waals surface area contributed by atoms with E-state index < -0.39 is 30.5 Å². The minimum atomic E-state index is -4.27. The van der Waals surface area contributed by atoms with Crippen LogP contribution < -0.4 is 16.4 Å². The summed E-state index contributed by atoms with van der Waals surface area (Å²) in [4.78, 5) is 23.6. The number of amides is 2. The van der Waals surface area contributed by atoms with E-state index in [1.165, 1.54) is 12.1 Å². The molecule has 2 amide bonds. The van der Waals surface area contributed by atoms with Gasteiger partial charge in [-0.3, -0.25) is 9.59 Å². The maximum Gasteiger partial charge on any atom is 0.389 e. The number of nitrogens with one attached hydrogen (secondary N) is 2. The maximum atomic E-state index is 12.3. The molecule has 0 bridgehead atoms. The van der Waals surface area contributed by atoms with Crippen molar-refractivity contribution in [3.05, 3.63) is 29.8 Å². The van der Waals surface area contributed by atoms with E-state index in [4.69, 9.17) is 5.73 Å². The van der Waals surface area contributed by atoms with Gasteiger partial charge < -0.3 is 16.4 Å². The summed E-state index contributed by atoms with van der Waals surface area (Å²) in [6.07, 6.45) is -5.47. The molecule has 0 saturated heterocycles. The Bertz CT molecular complexity index is 580. The highest BCUT2D eigenvalue weighted by molar-refractivity contribution is 5.95. The largest absolute Gasteiger partial charge is 0.389 e. The van der Waals surface area contributed by atoms with E-state index in [9.17, 15) is 22.8 Å². The van der Waals surface area contributed by atoms with Crippen LogP contribution in [0.15, 0.2) is 24.3 Å².